The van der Waals surface area contributed by atoms with Crippen LogP contribution in [0, 0.1) is 0 Å². The number of para-hydroxylation sites is 3. The molecule has 7 nitrogen and oxygen atoms in total. The summed E-state index contributed by atoms with van der Waals surface area (Å²) in [6.45, 7) is 2.69. The molecule has 32 heavy (non-hydrogen) atoms. The molecule has 0 bridgehead atoms. The molecule has 1 atom stereocenters. The topological polar surface area (TPSA) is 91.2 Å². The summed E-state index contributed by atoms with van der Waals surface area (Å²) in [6, 6.07) is 15.2. The number of H-pyrrole nitrogens is 1. The van der Waals surface area contributed by atoms with Crippen LogP contribution in [-0.2, 0) is 16.0 Å². The molecule has 2 amide bonds. The van der Waals surface area contributed by atoms with Crippen molar-refractivity contribution >= 4 is 33.8 Å². The van der Waals surface area contributed by atoms with E-state index in [1.165, 1.54) is 6.92 Å². The van der Waals surface area contributed by atoms with Crippen molar-refractivity contribution in [2.75, 3.05) is 13.1 Å². The fraction of sp³-hybridized carbons (Fsp3) is 0.320. The van der Waals surface area contributed by atoms with Crippen LogP contribution in [-0.4, -0.2) is 45.8 Å². The van der Waals surface area contributed by atoms with E-state index in [1.807, 2.05) is 59.6 Å². The van der Waals surface area contributed by atoms with Crippen molar-refractivity contribution in [1.29, 1.82) is 0 Å². The molecule has 2 aromatic carbocycles. The van der Waals surface area contributed by atoms with Crippen molar-refractivity contribution in [2.45, 2.75) is 38.1 Å². The lowest BCUT2D eigenvalue weighted by molar-refractivity contribution is -0.137. The van der Waals surface area contributed by atoms with E-state index >= 15 is 0 Å². The van der Waals surface area contributed by atoms with Gasteiger partial charge in [-0.3, -0.25) is 9.59 Å². The van der Waals surface area contributed by atoms with Gasteiger partial charge in [-0.2, -0.15) is 0 Å². The summed E-state index contributed by atoms with van der Waals surface area (Å²) in [5.74, 6) is 0.695. The molecule has 2 aromatic heterocycles. The smallest absolute Gasteiger partial charge is 0.245 e. The number of piperidine rings is 1. The van der Waals surface area contributed by atoms with Crippen molar-refractivity contribution in [1.82, 2.24) is 20.2 Å². The van der Waals surface area contributed by atoms with Gasteiger partial charge in [-0.25, -0.2) is 4.98 Å². The molecule has 4 aromatic rings. The zero-order valence-electron chi connectivity index (χ0n) is 18.0. The van der Waals surface area contributed by atoms with Crippen LogP contribution in [0.2, 0.25) is 0 Å². The van der Waals surface area contributed by atoms with Gasteiger partial charge < -0.3 is 19.6 Å². The van der Waals surface area contributed by atoms with Crippen LogP contribution in [0.4, 0.5) is 0 Å². The summed E-state index contributed by atoms with van der Waals surface area (Å²) < 4.78 is 5.94. The Kier molecular flexibility index (Phi) is 5.39. The number of oxazole rings is 1. The highest BCUT2D eigenvalue weighted by Crippen LogP contribution is 2.30. The highest BCUT2D eigenvalue weighted by atomic mass is 16.3. The predicted octanol–water partition coefficient (Wildman–Crippen LogP) is 3.76. The van der Waals surface area contributed by atoms with E-state index < -0.39 is 6.04 Å². The van der Waals surface area contributed by atoms with E-state index in [1.54, 1.807) is 0 Å². The van der Waals surface area contributed by atoms with Gasteiger partial charge >= 0.3 is 0 Å². The van der Waals surface area contributed by atoms with Gasteiger partial charge in [-0.15, -0.1) is 0 Å². The fourth-order valence-electron chi connectivity index (χ4n) is 4.60. The third kappa shape index (κ3) is 3.98. The summed E-state index contributed by atoms with van der Waals surface area (Å²) in [5.41, 5.74) is 3.71. The third-order valence-electron chi connectivity index (χ3n) is 6.24. The summed E-state index contributed by atoms with van der Waals surface area (Å²) in [7, 11) is 0. The van der Waals surface area contributed by atoms with Gasteiger partial charge in [0.1, 0.15) is 11.6 Å². The predicted molar refractivity (Wildman–Crippen MR) is 122 cm³/mol. The molecule has 164 valence electrons. The average molecular weight is 431 g/mol. The van der Waals surface area contributed by atoms with Crippen LogP contribution in [0.1, 0.15) is 37.1 Å². The molecule has 7 heteroatoms. The second kappa shape index (κ2) is 8.49. The van der Waals surface area contributed by atoms with Crippen LogP contribution in [0.25, 0.3) is 22.0 Å². The van der Waals surface area contributed by atoms with Gasteiger partial charge in [0, 0.05) is 49.5 Å². The van der Waals surface area contributed by atoms with Crippen molar-refractivity contribution < 1.29 is 14.0 Å². The van der Waals surface area contributed by atoms with E-state index in [0.29, 0.717) is 19.5 Å². The molecule has 0 spiro atoms. The number of hydrogen-bond donors (Lipinski definition) is 2. The minimum absolute atomic E-state index is 0.0403. The summed E-state index contributed by atoms with van der Waals surface area (Å²) in [4.78, 5) is 34.9. The molecule has 3 heterocycles. The maximum atomic E-state index is 13.3. The third-order valence-corrected chi connectivity index (χ3v) is 6.24. The van der Waals surface area contributed by atoms with Gasteiger partial charge in [0.25, 0.3) is 0 Å². The summed E-state index contributed by atoms with van der Waals surface area (Å²) >= 11 is 0. The lowest BCUT2D eigenvalue weighted by Gasteiger charge is -2.33. The SMILES string of the molecule is CC(=O)N[C@@H](Cc1c[nH]c2ccccc12)C(=O)N1CCC(c2nc3ccccc3o2)CC1. The van der Waals surface area contributed by atoms with E-state index in [2.05, 4.69) is 15.3 Å². The highest BCUT2D eigenvalue weighted by molar-refractivity contribution is 5.89. The van der Waals surface area contributed by atoms with Crippen molar-refractivity contribution in [3.63, 3.8) is 0 Å². The molecule has 1 aliphatic rings. The quantitative estimate of drug-likeness (QED) is 0.504. The normalized spacial score (nSPS) is 15.8. The first-order valence-corrected chi connectivity index (χ1v) is 11.0. The maximum Gasteiger partial charge on any atom is 0.245 e. The summed E-state index contributed by atoms with van der Waals surface area (Å²) in [6.07, 6.45) is 3.95. The molecule has 2 N–H and O–H groups in total. The molecule has 1 saturated heterocycles. The Hall–Kier alpha value is -3.61. The zero-order valence-corrected chi connectivity index (χ0v) is 18.0. The molecule has 1 aliphatic heterocycles. The Balaban J connectivity index is 1.28. The monoisotopic (exact) mass is 430 g/mol. The van der Waals surface area contributed by atoms with Gasteiger partial charge in [0.2, 0.25) is 11.8 Å². The maximum absolute atomic E-state index is 13.3. The highest BCUT2D eigenvalue weighted by Gasteiger charge is 2.31. The molecule has 0 saturated carbocycles. The van der Waals surface area contributed by atoms with Gasteiger partial charge in [0.15, 0.2) is 11.5 Å². The number of aromatic amines is 1. The largest absolute Gasteiger partial charge is 0.440 e. The number of rotatable bonds is 5. The number of fused-ring (bicyclic) bond motifs is 2. The number of likely N-dealkylation sites (tertiary alicyclic amines) is 1. The van der Waals surface area contributed by atoms with Crippen LogP contribution < -0.4 is 5.32 Å². The number of carbonyl (C=O) groups excluding carboxylic acids is 2. The number of hydrogen-bond acceptors (Lipinski definition) is 4. The van der Waals surface area contributed by atoms with E-state index in [4.69, 9.17) is 4.42 Å². The minimum atomic E-state index is -0.590. The first kappa shape index (κ1) is 20.3. The molecule has 0 unspecified atom stereocenters. The van der Waals surface area contributed by atoms with Crippen LogP contribution >= 0.6 is 0 Å². The fourth-order valence-corrected chi connectivity index (χ4v) is 4.60. The molecule has 0 radical (unpaired) electrons. The molecule has 5 rings (SSSR count). The summed E-state index contributed by atoms with van der Waals surface area (Å²) in [5, 5.41) is 3.94. The van der Waals surface area contributed by atoms with E-state index in [9.17, 15) is 9.59 Å². The van der Waals surface area contributed by atoms with Crippen molar-refractivity contribution in [3.8, 4) is 0 Å². The zero-order chi connectivity index (χ0) is 22.1. The number of nitrogens with one attached hydrogen (secondary N) is 2. The first-order valence-electron chi connectivity index (χ1n) is 11.0. The Labute approximate surface area is 185 Å². The van der Waals surface area contributed by atoms with Crippen LogP contribution in [0.15, 0.2) is 59.1 Å². The van der Waals surface area contributed by atoms with Gasteiger partial charge in [0.05, 0.1) is 0 Å². The number of aromatic nitrogens is 2. The Morgan fingerprint density at radius 1 is 1.16 bits per heavy atom. The second-order valence-corrected chi connectivity index (χ2v) is 8.44. The van der Waals surface area contributed by atoms with E-state index in [0.717, 1.165) is 46.3 Å². The number of amides is 2. The van der Waals surface area contributed by atoms with Crippen molar-refractivity contribution in [2.24, 2.45) is 0 Å². The molecule has 1 fully saturated rings. The number of nitrogens with zero attached hydrogens (tertiary/aromatic N) is 2. The van der Waals surface area contributed by atoms with Gasteiger partial charge in [-0.05, 0) is 36.6 Å². The molecular formula is C25H26N4O3. The van der Waals surface area contributed by atoms with Crippen LogP contribution in [0.5, 0.6) is 0 Å². The van der Waals surface area contributed by atoms with Crippen LogP contribution in [0.3, 0.4) is 0 Å². The first-order chi connectivity index (χ1) is 15.6. The lowest BCUT2D eigenvalue weighted by atomic mass is 9.95. The van der Waals surface area contributed by atoms with Gasteiger partial charge in [-0.1, -0.05) is 30.3 Å². The Bertz CT molecular complexity index is 1230. The molecular weight excluding hydrogens is 404 g/mol. The Morgan fingerprint density at radius 3 is 2.69 bits per heavy atom. The molecule has 0 aliphatic carbocycles. The minimum Gasteiger partial charge on any atom is -0.440 e. The Morgan fingerprint density at radius 2 is 1.91 bits per heavy atom. The number of benzene rings is 2. The number of carbonyl (C=O) groups is 2. The van der Waals surface area contributed by atoms with E-state index in [-0.39, 0.29) is 17.7 Å². The van der Waals surface area contributed by atoms with Crippen molar-refractivity contribution in [3.05, 3.63) is 66.2 Å². The second-order valence-electron chi connectivity index (χ2n) is 8.44. The standard InChI is InChI=1S/C25H26N4O3/c1-16(30)27-22(14-18-15-26-20-7-3-2-6-19(18)20)25(31)29-12-10-17(11-13-29)24-28-21-8-4-5-9-23(21)32-24/h2-9,15,17,22,26H,10-14H2,1H3,(H,27,30)/t22-/m0/s1. The lowest BCUT2D eigenvalue weighted by Crippen LogP contribution is -2.51. The average Bonchev–Trinajstić information content (AvgIpc) is 3.42.